The second-order valence-corrected chi connectivity index (χ2v) is 7.86. The minimum atomic E-state index is -0.0278. The predicted molar refractivity (Wildman–Crippen MR) is 111 cm³/mol. The first-order valence-electron chi connectivity index (χ1n) is 10.3. The van der Waals surface area contributed by atoms with E-state index in [9.17, 15) is 4.79 Å². The number of nitrogens with zero attached hydrogens (tertiary/aromatic N) is 3. The molecular formula is C23H25N3O3. The summed E-state index contributed by atoms with van der Waals surface area (Å²) in [4.78, 5) is 19.7. The molecule has 0 N–H and O–H groups in total. The van der Waals surface area contributed by atoms with Gasteiger partial charge in [-0.3, -0.25) is 14.1 Å². The Kier molecular flexibility index (Phi) is 4.72. The van der Waals surface area contributed by atoms with Crippen LogP contribution in [0.25, 0.3) is 5.65 Å². The number of likely N-dealkylation sites (tertiary alicyclic amines) is 1. The minimum absolute atomic E-state index is 0.0278. The number of rotatable bonds is 3. The van der Waals surface area contributed by atoms with Crippen molar-refractivity contribution in [3.8, 4) is 11.5 Å². The third-order valence-electron chi connectivity index (χ3n) is 5.82. The van der Waals surface area contributed by atoms with Crippen LogP contribution in [0.5, 0.6) is 11.5 Å². The first-order valence-corrected chi connectivity index (χ1v) is 10.3. The van der Waals surface area contributed by atoms with Gasteiger partial charge >= 0.3 is 0 Å². The van der Waals surface area contributed by atoms with E-state index in [2.05, 4.69) is 17.0 Å². The molecule has 2 aliphatic rings. The molecule has 0 spiro atoms. The minimum Gasteiger partial charge on any atom is -0.490 e. The van der Waals surface area contributed by atoms with Gasteiger partial charge < -0.3 is 9.47 Å². The van der Waals surface area contributed by atoms with E-state index in [1.165, 1.54) is 5.56 Å². The van der Waals surface area contributed by atoms with Gasteiger partial charge in [0.1, 0.15) is 5.65 Å². The molecule has 0 saturated carbocycles. The summed E-state index contributed by atoms with van der Waals surface area (Å²) in [5.41, 5.74) is 3.78. The molecule has 0 aliphatic carbocycles. The van der Waals surface area contributed by atoms with Crippen LogP contribution >= 0.6 is 0 Å². The van der Waals surface area contributed by atoms with Crippen LogP contribution in [0.15, 0.2) is 47.4 Å². The number of aromatic nitrogens is 2. The molecule has 0 bridgehead atoms. The van der Waals surface area contributed by atoms with E-state index in [4.69, 9.17) is 14.5 Å². The van der Waals surface area contributed by atoms with Gasteiger partial charge in [-0.1, -0.05) is 12.1 Å². The molecule has 3 aromatic rings. The first-order chi connectivity index (χ1) is 14.2. The standard InChI is InChI=1S/C23H25N3O3/c1-16-5-2-10-26-22(27)14-18(24-23(16)26)15-25-9-3-6-19(25)17-7-8-20-21(13-17)29-12-4-11-28-20/h2,5,7-8,10,13-14,19H,3-4,6,9,11-12,15H2,1H3/t19-/m1/s1. The second kappa shape index (κ2) is 7.52. The van der Waals surface area contributed by atoms with Crippen molar-refractivity contribution in [2.24, 2.45) is 0 Å². The molecule has 0 amide bonds. The summed E-state index contributed by atoms with van der Waals surface area (Å²) >= 11 is 0. The van der Waals surface area contributed by atoms with Crippen LogP contribution in [0.3, 0.4) is 0 Å². The number of hydrogen-bond donors (Lipinski definition) is 0. The largest absolute Gasteiger partial charge is 0.490 e. The molecule has 2 aliphatic heterocycles. The summed E-state index contributed by atoms with van der Waals surface area (Å²) in [6, 6.07) is 12.1. The van der Waals surface area contributed by atoms with Gasteiger partial charge in [-0.25, -0.2) is 4.98 Å². The lowest BCUT2D eigenvalue weighted by molar-refractivity contribution is 0.244. The Bertz CT molecular complexity index is 1110. The second-order valence-electron chi connectivity index (χ2n) is 7.86. The number of aryl methyl sites for hydroxylation is 1. The fraction of sp³-hybridized carbons (Fsp3) is 0.391. The zero-order valence-electron chi connectivity index (χ0n) is 16.6. The number of fused-ring (bicyclic) bond motifs is 2. The molecule has 29 heavy (non-hydrogen) atoms. The fourth-order valence-corrected chi connectivity index (χ4v) is 4.38. The maximum absolute atomic E-state index is 12.5. The van der Waals surface area contributed by atoms with Gasteiger partial charge in [-0.2, -0.15) is 0 Å². The molecule has 150 valence electrons. The van der Waals surface area contributed by atoms with Crippen LogP contribution in [0, 0.1) is 6.92 Å². The van der Waals surface area contributed by atoms with Gasteiger partial charge in [0.25, 0.3) is 5.56 Å². The van der Waals surface area contributed by atoms with Crippen LogP contribution in [0.2, 0.25) is 0 Å². The van der Waals surface area contributed by atoms with E-state index in [1.54, 1.807) is 16.7 Å². The van der Waals surface area contributed by atoms with Gasteiger partial charge in [-0.15, -0.1) is 0 Å². The summed E-state index contributed by atoms with van der Waals surface area (Å²) in [5, 5.41) is 0. The Morgan fingerprint density at radius 2 is 1.97 bits per heavy atom. The van der Waals surface area contributed by atoms with Crippen LogP contribution in [0.4, 0.5) is 0 Å². The molecule has 6 heteroatoms. The highest BCUT2D eigenvalue weighted by Gasteiger charge is 2.27. The maximum atomic E-state index is 12.5. The molecule has 1 saturated heterocycles. The number of ether oxygens (including phenoxy) is 2. The molecule has 2 aromatic heterocycles. The van der Waals surface area contributed by atoms with Crippen molar-refractivity contribution < 1.29 is 9.47 Å². The lowest BCUT2D eigenvalue weighted by Gasteiger charge is -2.25. The fourth-order valence-electron chi connectivity index (χ4n) is 4.38. The van der Waals surface area contributed by atoms with E-state index >= 15 is 0 Å². The van der Waals surface area contributed by atoms with Gasteiger partial charge in [0.2, 0.25) is 0 Å². The molecule has 0 unspecified atom stereocenters. The topological polar surface area (TPSA) is 56.1 Å². The van der Waals surface area contributed by atoms with Crippen molar-refractivity contribution in [2.45, 2.75) is 38.8 Å². The van der Waals surface area contributed by atoms with Gasteiger partial charge in [0.05, 0.1) is 18.9 Å². The maximum Gasteiger partial charge on any atom is 0.258 e. The van der Waals surface area contributed by atoms with Crippen molar-refractivity contribution in [1.82, 2.24) is 14.3 Å². The lowest BCUT2D eigenvalue weighted by Crippen LogP contribution is -2.25. The summed E-state index contributed by atoms with van der Waals surface area (Å²) < 4.78 is 13.3. The van der Waals surface area contributed by atoms with E-state index in [1.807, 2.05) is 25.1 Å². The van der Waals surface area contributed by atoms with Crippen molar-refractivity contribution in [2.75, 3.05) is 19.8 Å². The van der Waals surface area contributed by atoms with Crippen molar-refractivity contribution in [3.63, 3.8) is 0 Å². The summed E-state index contributed by atoms with van der Waals surface area (Å²) in [6.45, 7) is 5.04. The molecule has 0 radical (unpaired) electrons. The van der Waals surface area contributed by atoms with Crippen LogP contribution in [-0.4, -0.2) is 34.0 Å². The molecule has 4 heterocycles. The van der Waals surface area contributed by atoms with Crippen LogP contribution in [-0.2, 0) is 6.54 Å². The Labute approximate surface area is 169 Å². The summed E-state index contributed by atoms with van der Waals surface area (Å²) in [6.07, 6.45) is 4.90. The highest BCUT2D eigenvalue weighted by molar-refractivity contribution is 5.47. The predicted octanol–water partition coefficient (Wildman–Crippen LogP) is 3.50. The lowest BCUT2D eigenvalue weighted by atomic mass is 10.0. The molecule has 6 nitrogen and oxygen atoms in total. The smallest absolute Gasteiger partial charge is 0.258 e. The normalized spacial score (nSPS) is 19.4. The van der Waals surface area contributed by atoms with E-state index in [0.29, 0.717) is 25.8 Å². The molecular weight excluding hydrogens is 366 g/mol. The van der Waals surface area contributed by atoms with Crippen molar-refractivity contribution >= 4 is 5.65 Å². The average molecular weight is 391 g/mol. The Hall–Kier alpha value is -2.86. The first kappa shape index (κ1) is 18.2. The average Bonchev–Trinajstić information content (AvgIpc) is 3.04. The number of benzene rings is 1. The Balaban J connectivity index is 1.43. The van der Waals surface area contributed by atoms with Crippen molar-refractivity contribution in [1.29, 1.82) is 0 Å². The summed E-state index contributed by atoms with van der Waals surface area (Å²) in [5.74, 6) is 1.67. The van der Waals surface area contributed by atoms with Gasteiger partial charge in [0.15, 0.2) is 11.5 Å². The highest BCUT2D eigenvalue weighted by Crippen LogP contribution is 2.38. The van der Waals surface area contributed by atoms with Gasteiger partial charge in [0, 0.05) is 31.3 Å². The number of pyridine rings is 1. The quantitative estimate of drug-likeness (QED) is 0.684. The highest BCUT2D eigenvalue weighted by atomic mass is 16.5. The van der Waals surface area contributed by atoms with Crippen LogP contribution < -0.4 is 15.0 Å². The third kappa shape index (κ3) is 3.49. The third-order valence-corrected chi connectivity index (χ3v) is 5.82. The molecule has 1 fully saturated rings. The van der Waals surface area contributed by atoms with Crippen LogP contribution in [0.1, 0.15) is 42.1 Å². The van der Waals surface area contributed by atoms with Gasteiger partial charge in [-0.05, 0) is 55.6 Å². The SMILES string of the molecule is Cc1cccn2c(=O)cc(CN3CCC[C@@H]3c3ccc4c(c3)OCCCO4)nc12. The molecule has 5 rings (SSSR count). The number of hydrogen-bond acceptors (Lipinski definition) is 5. The van der Waals surface area contributed by atoms with E-state index in [-0.39, 0.29) is 5.56 Å². The summed E-state index contributed by atoms with van der Waals surface area (Å²) in [7, 11) is 0. The zero-order valence-corrected chi connectivity index (χ0v) is 16.6. The van der Waals surface area contributed by atoms with E-state index in [0.717, 1.165) is 54.2 Å². The molecule has 1 aromatic carbocycles. The monoisotopic (exact) mass is 391 g/mol. The Morgan fingerprint density at radius 1 is 1.10 bits per heavy atom. The molecule has 1 atom stereocenters. The van der Waals surface area contributed by atoms with E-state index < -0.39 is 0 Å². The van der Waals surface area contributed by atoms with Crippen molar-refractivity contribution in [3.05, 3.63) is 69.8 Å². The Morgan fingerprint density at radius 3 is 2.86 bits per heavy atom. The zero-order chi connectivity index (χ0) is 19.8.